The molecule has 0 aliphatic heterocycles. The molecule has 20 heavy (non-hydrogen) atoms. The zero-order valence-corrected chi connectivity index (χ0v) is 12.4. The van der Waals surface area contributed by atoms with Crippen molar-refractivity contribution in [1.29, 1.82) is 0 Å². The zero-order valence-electron chi connectivity index (χ0n) is 12.4. The van der Waals surface area contributed by atoms with Gasteiger partial charge in [-0.15, -0.1) is 5.10 Å². The van der Waals surface area contributed by atoms with E-state index in [0.717, 1.165) is 12.3 Å². The highest BCUT2D eigenvalue weighted by atomic mass is 16.4. The second-order valence-corrected chi connectivity index (χ2v) is 6.21. The van der Waals surface area contributed by atoms with Crippen LogP contribution >= 0.6 is 0 Å². The normalized spacial score (nSPS) is 21.9. The molecule has 0 radical (unpaired) electrons. The predicted molar refractivity (Wildman–Crippen MR) is 78.4 cm³/mol. The number of nitrogens with zero attached hydrogens (tertiary/aromatic N) is 2. The highest BCUT2D eigenvalue weighted by Crippen LogP contribution is 2.29. The van der Waals surface area contributed by atoms with Gasteiger partial charge in [0.25, 0.3) is 0 Å². The minimum atomic E-state index is 0.472. The Labute approximate surface area is 120 Å². The molecule has 2 aliphatic rings. The maximum absolute atomic E-state index is 5.69. The minimum absolute atomic E-state index is 0.472. The van der Waals surface area contributed by atoms with Crippen molar-refractivity contribution in [1.82, 2.24) is 15.5 Å². The summed E-state index contributed by atoms with van der Waals surface area (Å²) in [5, 5.41) is 15.1. The van der Waals surface area contributed by atoms with E-state index in [4.69, 9.17) is 4.42 Å². The Hall–Kier alpha value is -1.10. The van der Waals surface area contributed by atoms with Crippen LogP contribution in [0, 0.1) is 5.92 Å². The highest BCUT2D eigenvalue weighted by molar-refractivity contribution is 5.20. The molecule has 112 valence electrons. The van der Waals surface area contributed by atoms with E-state index < -0.39 is 0 Å². The molecule has 0 saturated heterocycles. The topological polar surface area (TPSA) is 63.0 Å². The van der Waals surface area contributed by atoms with E-state index in [2.05, 4.69) is 27.8 Å². The van der Waals surface area contributed by atoms with Gasteiger partial charge in [-0.25, -0.2) is 0 Å². The molecule has 1 aromatic heterocycles. The number of anilines is 1. The fourth-order valence-electron chi connectivity index (χ4n) is 3.15. The summed E-state index contributed by atoms with van der Waals surface area (Å²) < 4.78 is 5.69. The third-order valence-electron chi connectivity index (χ3n) is 4.55. The van der Waals surface area contributed by atoms with E-state index in [-0.39, 0.29) is 0 Å². The van der Waals surface area contributed by atoms with Crippen LogP contribution in [0.25, 0.3) is 0 Å². The van der Waals surface area contributed by atoms with Gasteiger partial charge in [0.1, 0.15) is 0 Å². The molecule has 0 spiro atoms. The molecule has 2 aliphatic carbocycles. The molecule has 3 rings (SSSR count). The SMILES string of the molecule is CCC(Nc1nnc(CNC2CC2)o1)C1CCCCC1. The molecular formula is C15H26N4O. The Morgan fingerprint density at radius 3 is 2.65 bits per heavy atom. The van der Waals surface area contributed by atoms with Crippen LogP contribution < -0.4 is 10.6 Å². The van der Waals surface area contributed by atoms with E-state index in [9.17, 15) is 0 Å². The molecule has 1 heterocycles. The van der Waals surface area contributed by atoms with Crippen LogP contribution in [0.15, 0.2) is 4.42 Å². The van der Waals surface area contributed by atoms with Crippen LogP contribution in [0.3, 0.4) is 0 Å². The summed E-state index contributed by atoms with van der Waals surface area (Å²) >= 11 is 0. The molecule has 0 amide bonds. The summed E-state index contributed by atoms with van der Waals surface area (Å²) in [7, 11) is 0. The number of hydrogen-bond donors (Lipinski definition) is 2. The lowest BCUT2D eigenvalue weighted by atomic mass is 9.83. The Morgan fingerprint density at radius 2 is 1.95 bits per heavy atom. The van der Waals surface area contributed by atoms with Crippen molar-refractivity contribution in [2.45, 2.75) is 76.9 Å². The Kier molecular flexibility index (Phi) is 4.55. The van der Waals surface area contributed by atoms with Gasteiger partial charge in [-0.2, -0.15) is 0 Å². The van der Waals surface area contributed by atoms with Crippen molar-refractivity contribution in [3.63, 3.8) is 0 Å². The van der Waals surface area contributed by atoms with E-state index in [1.807, 2.05) is 0 Å². The summed E-state index contributed by atoms with van der Waals surface area (Å²) in [6.45, 7) is 2.93. The lowest BCUT2D eigenvalue weighted by molar-refractivity contribution is 0.308. The first-order chi connectivity index (χ1) is 9.85. The first-order valence-electron chi connectivity index (χ1n) is 8.17. The monoisotopic (exact) mass is 278 g/mol. The first kappa shape index (κ1) is 13.9. The van der Waals surface area contributed by atoms with Gasteiger partial charge in [0.05, 0.1) is 6.54 Å². The van der Waals surface area contributed by atoms with Crippen LogP contribution in [0.5, 0.6) is 0 Å². The van der Waals surface area contributed by atoms with Crippen molar-refractivity contribution in [2.24, 2.45) is 5.92 Å². The molecule has 1 unspecified atom stereocenters. The van der Waals surface area contributed by atoms with E-state index in [0.29, 0.717) is 30.5 Å². The smallest absolute Gasteiger partial charge is 0.315 e. The van der Waals surface area contributed by atoms with Crippen molar-refractivity contribution < 1.29 is 4.42 Å². The third-order valence-corrected chi connectivity index (χ3v) is 4.55. The highest BCUT2D eigenvalue weighted by Gasteiger charge is 2.24. The Balaban J connectivity index is 1.51. The lowest BCUT2D eigenvalue weighted by Crippen LogP contribution is -2.30. The number of nitrogens with one attached hydrogen (secondary N) is 2. The first-order valence-corrected chi connectivity index (χ1v) is 8.17. The van der Waals surface area contributed by atoms with Crippen LogP contribution in [-0.4, -0.2) is 22.3 Å². The fraction of sp³-hybridized carbons (Fsp3) is 0.867. The van der Waals surface area contributed by atoms with Crippen LogP contribution in [-0.2, 0) is 6.54 Å². The summed E-state index contributed by atoms with van der Waals surface area (Å²) in [6, 6.07) is 1.74. The van der Waals surface area contributed by atoms with E-state index >= 15 is 0 Å². The van der Waals surface area contributed by atoms with E-state index in [1.54, 1.807) is 0 Å². The molecule has 2 saturated carbocycles. The van der Waals surface area contributed by atoms with Gasteiger partial charge in [-0.05, 0) is 38.0 Å². The van der Waals surface area contributed by atoms with Crippen molar-refractivity contribution in [3.05, 3.63) is 5.89 Å². The molecular weight excluding hydrogens is 252 g/mol. The predicted octanol–water partition coefficient (Wildman–Crippen LogP) is 3.09. The van der Waals surface area contributed by atoms with Crippen LogP contribution in [0.4, 0.5) is 6.01 Å². The average Bonchev–Trinajstić information content (AvgIpc) is 3.22. The Bertz CT molecular complexity index is 410. The molecule has 5 heteroatoms. The van der Waals surface area contributed by atoms with Gasteiger partial charge < -0.3 is 15.1 Å². The number of hydrogen-bond acceptors (Lipinski definition) is 5. The molecule has 5 nitrogen and oxygen atoms in total. The Morgan fingerprint density at radius 1 is 1.15 bits per heavy atom. The molecule has 1 atom stereocenters. The molecule has 0 aromatic carbocycles. The lowest BCUT2D eigenvalue weighted by Gasteiger charge is -2.29. The van der Waals surface area contributed by atoms with Crippen molar-refractivity contribution in [2.75, 3.05) is 5.32 Å². The molecule has 2 fully saturated rings. The molecule has 2 N–H and O–H groups in total. The maximum Gasteiger partial charge on any atom is 0.315 e. The van der Waals surface area contributed by atoms with Crippen LogP contribution in [0.1, 0.15) is 64.2 Å². The molecule has 0 bridgehead atoms. The second kappa shape index (κ2) is 6.57. The average molecular weight is 278 g/mol. The van der Waals surface area contributed by atoms with Gasteiger partial charge in [0.15, 0.2) is 0 Å². The summed E-state index contributed by atoms with van der Waals surface area (Å²) in [6.07, 6.45) is 10.4. The van der Waals surface area contributed by atoms with Gasteiger partial charge in [-0.3, -0.25) is 0 Å². The maximum atomic E-state index is 5.69. The number of aromatic nitrogens is 2. The molecule has 1 aromatic rings. The largest absolute Gasteiger partial charge is 0.407 e. The fourth-order valence-corrected chi connectivity index (χ4v) is 3.15. The van der Waals surface area contributed by atoms with E-state index in [1.165, 1.54) is 44.9 Å². The summed E-state index contributed by atoms with van der Waals surface area (Å²) in [5.41, 5.74) is 0. The standard InChI is InChI=1S/C15H26N4O/c1-2-13(11-6-4-3-5-7-11)17-15-19-18-14(20-15)10-16-12-8-9-12/h11-13,16H,2-10H2,1H3,(H,17,19). The van der Waals surface area contributed by atoms with Gasteiger partial charge >= 0.3 is 6.01 Å². The van der Waals surface area contributed by atoms with Crippen LogP contribution in [0.2, 0.25) is 0 Å². The summed E-state index contributed by atoms with van der Waals surface area (Å²) in [4.78, 5) is 0. The third kappa shape index (κ3) is 3.72. The zero-order chi connectivity index (χ0) is 13.8. The van der Waals surface area contributed by atoms with Gasteiger partial charge in [0.2, 0.25) is 5.89 Å². The number of rotatable bonds is 7. The summed E-state index contributed by atoms with van der Waals surface area (Å²) in [5.74, 6) is 1.45. The second-order valence-electron chi connectivity index (χ2n) is 6.21. The van der Waals surface area contributed by atoms with Gasteiger partial charge in [-0.1, -0.05) is 31.3 Å². The van der Waals surface area contributed by atoms with Crippen molar-refractivity contribution >= 4 is 6.01 Å². The van der Waals surface area contributed by atoms with Gasteiger partial charge in [0, 0.05) is 12.1 Å². The minimum Gasteiger partial charge on any atom is -0.407 e. The quantitative estimate of drug-likeness (QED) is 0.802. The van der Waals surface area contributed by atoms with Crippen molar-refractivity contribution in [3.8, 4) is 0 Å².